The lowest BCUT2D eigenvalue weighted by molar-refractivity contribution is -0.322. The summed E-state index contributed by atoms with van der Waals surface area (Å²) in [4.78, 5) is 29.1. The molecule has 1 aromatic carbocycles. The summed E-state index contributed by atoms with van der Waals surface area (Å²) < 4.78 is 37.4. The van der Waals surface area contributed by atoms with Crippen LogP contribution in [0.25, 0.3) is 0 Å². The summed E-state index contributed by atoms with van der Waals surface area (Å²) in [6.45, 7) is 2.04. The number of rotatable bonds is 8. The molecular weight excluding hydrogens is 586 g/mol. The van der Waals surface area contributed by atoms with Gasteiger partial charge in [0.15, 0.2) is 5.60 Å². The fourth-order valence-electron chi connectivity index (χ4n) is 12.2. The van der Waals surface area contributed by atoms with E-state index in [0.29, 0.717) is 13.0 Å². The maximum atomic E-state index is 13.7. The molecule has 0 aromatic heterocycles. The minimum Gasteiger partial charge on any atom is -0.455 e. The van der Waals surface area contributed by atoms with Crippen molar-refractivity contribution >= 4 is 11.9 Å². The molecule has 1 saturated heterocycles. The average Bonchev–Trinajstić information content (AvgIpc) is 3.41. The van der Waals surface area contributed by atoms with Crippen LogP contribution in [0.5, 0.6) is 0 Å². The van der Waals surface area contributed by atoms with Gasteiger partial charge in [-0.25, -0.2) is 4.79 Å². The summed E-state index contributed by atoms with van der Waals surface area (Å²) in [6.07, 6.45) is -5.57. The molecule has 15 atom stereocenters. The summed E-state index contributed by atoms with van der Waals surface area (Å²) in [6, 6.07) is 8.14. The molecule has 5 aliphatic carbocycles. The van der Waals surface area contributed by atoms with Crippen molar-refractivity contribution in [3.8, 4) is 0 Å². The molecule has 1 aromatic rings. The van der Waals surface area contributed by atoms with E-state index in [0.717, 1.165) is 0 Å². The number of carbonyl (C=O) groups excluding carboxylic acids is 2. The number of methoxy groups -OCH3 is 4. The Morgan fingerprint density at radius 3 is 2.31 bits per heavy atom. The van der Waals surface area contributed by atoms with E-state index >= 15 is 0 Å². The lowest BCUT2D eigenvalue weighted by Gasteiger charge is -2.70. The first kappa shape index (κ1) is 31.4. The number of carbonyl (C=O) groups is 2. The maximum absolute atomic E-state index is 13.7. The molecule has 45 heavy (non-hydrogen) atoms. The van der Waals surface area contributed by atoms with E-state index in [4.69, 9.17) is 28.4 Å². The highest BCUT2D eigenvalue weighted by molar-refractivity contribution is 5.89. The maximum Gasteiger partial charge on any atom is 0.338 e. The molecule has 12 nitrogen and oxygen atoms in total. The van der Waals surface area contributed by atoms with Gasteiger partial charge in [-0.1, -0.05) is 18.2 Å². The first-order chi connectivity index (χ1) is 21.4. The predicted molar refractivity (Wildman–Crippen MR) is 156 cm³/mol. The smallest absolute Gasteiger partial charge is 0.338 e. The monoisotopic (exact) mass is 631 g/mol. The summed E-state index contributed by atoms with van der Waals surface area (Å²) in [5.74, 6) is -3.54. The van der Waals surface area contributed by atoms with Crippen LogP contribution in [0.1, 0.15) is 30.1 Å². The van der Waals surface area contributed by atoms with Crippen LogP contribution in [0, 0.1) is 34.5 Å². The van der Waals surface area contributed by atoms with Crippen LogP contribution in [0.3, 0.4) is 0 Å². The first-order valence-corrected chi connectivity index (χ1v) is 15.8. The number of hydrogen-bond donors (Lipinski definition) is 3. The van der Waals surface area contributed by atoms with Gasteiger partial charge in [0.2, 0.25) is 0 Å². The molecule has 6 aliphatic rings. The molecule has 248 valence electrons. The third-order valence-electron chi connectivity index (χ3n) is 12.9. The van der Waals surface area contributed by atoms with Crippen molar-refractivity contribution in [2.75, 3.05) is 48.6 Å². The van der Waals surface area contributed by atoms with Gasteiger partial charge in [-0.2, -0.15) is 0 Å². The lowest BCUT2D eigenvalue weighted by atomic mass is 9.42. The minimum absolute atomic E-state index is 0.0253. The molecule has 1 aliphatic heterocycles. The largest absolute Gasteiger partial charge is 0.455 e. The second-order valence-electron chi connectivity index (χ2n) is 14.3. The van der Waals surface area contributed by atoms with Crippen LogP contribution in [0.4, 0.5) is 0 Å². The molecule has 3 N–H and O–H groups in total. The van der Waals surface area contributed by atoms with Gasteiger partial charge in [0.25, 0.3) is 0 Å². The van der Waals surface area contributed by atoms with Gasteiger partial charge in [0.05, 0.1) is 30.5 Å². The Morgan fingerprint density at radius 2 is 1.71 bits per heavy atom. The summed E-state index contributed by atoms with van der Waals surface area (Å²) in [5, 5.41) is 36.6. The standard InChI is InChI=1S/C33H45NO11/c1-16(35)45-33-21-18(13-31(39,26(37)28(33)43-6)27(21)44-29(38)17-10-8-7-9-11-17)32-20(41-4)12-19(36)30(15-40-3)14-34(2)25(32)22(33)23(42-5)24(30)32/h7-11,18-28,36-37,39H,12-15H2,1-6H3. The highest BCUT2D eigenvalue weighted by atomic mass is 16.6. The van der Waals surface area contributed by atoms with Gasteiger partial charge in [0.1, 0.15) is 23.9 Å². The zero-order chi connectivity index (χ0) is 32.3. The Bertz CT molecular complexity index is 1350. The topological polar surface area (TPSA) is 153 Å². The van der Waals surface area contributed by atoms with Gasteiger partial charge in [0, 0.05) is 83.0 Å². The number of esters is 2. The van der Waals surface area contributed by atoms with Crippen molar-refractivity contribution in [2.24, 2.45) is 34.5 Å². The highest BCUT2D eigenvalue weighted by Gasteiger charge is 2.92. The van der Waals surface area contributed by atoms with Crippen LogP contribution >= 0.6 is 0 Å². The quantitative estimate of drug-likeness (QED) is 0.337. The van der Waals surface area contributed by atoms with E-state index < -0.39 is 88.3 Å². The second kappa shape index (κ2) is 10.4. The number of fused-ring (bicyclic) bond motifs is 2. The number of ether oxygens (including phenoxy) is 6. The Labute approximate surface area is 262 Å². The SMILES string of the molecule is COCC12CN(C)C3C4C(OC)C1C3(C(OC)CC2O)C1CC2(O)C(O)C(OC)C4(OC(C)=O)C1C2OC(=O)c1ccccc1. The third kappa shape index (κ3) is 3.55. The molecule has 1 spiro atoms. The summed E-state index contributed by atoms with van der Waals surface area (Å²) in [5.41, 5.74) is -4.79. The molecule has 0 radical (unpaired) electrons. The van der Waals surface area contributed by atoms with Crippen molar-refractivity contribution < 1.29 is 53.3 Å². The van der Waals surface area contributed by atoms with Crippen molar-refractivity contribution in [1.29, 1.82) is 0 Å². The van der Waals surface area contributed by atoms with E-state index in [1.54, 1.807) is 51.7 Å². The number of aliphatic hydroxyl groups is 3. The number of nitrogens with zero attached hydrogens (tertiary/aromatic N) is 1. The molecular formula is C33H45NO11. The van der Waals surface area contributed by atoms with Crippen molar-refractivity contribution in [2.45, 2.75) is 73.6 Å². The Kier molecular flexibility index (Phi) is 7.28. The fraction of sp³-hybridized carbons (Fsp3) is 0.758. The number of benzene rings is 1. The minimum atomic E-state index is -1.93. The molecule has 7 rings (SSSR count). The van der Waals surface area contributed by atoms with Crippen molar-refractivity contribution in [1.82, 2.24) is 4.90 Å². The third-order valence-corrected chi connectivity index (χ3v) is 12.9. The summed E-state index contributed by atoms with van der Waals surface area (Å²) >= 11 is 0. The van der Waals surface area contributed by atoms with E-state index in [2.05, 4.69) is 4.90 Å². The molecule has 0 amide bonds. The Morgan fingerprint density at radius 1 is 1.00 bits per heavy atom. The van der Waals surface area contributed by atoms with Crippen LogP contribution in [-0.2, 0) is 33.2 Å². The van der Waals surface area contributed by atoms with Gasteiger partial charge >= 0.3 is 11.9 Å². The number of aliphatic hydroxyl groups excluding tert-OH is 2. The zero-order valence-corrected chi connectivity index (χ0v) is 26.6. The van der Waals surface area contributed by atoms with Gasteiger partial charge in [-0.15, -0.1) is 0 Å². The molecule has 1 heterocycles. The fourth-order valence-corrected chi connectivity index (χ4v) is 12.2. The van der Waals surface area contributed by atoms with Crippen LogP contribution in [-0.4, -0.2) is 135 Å². The van der Waals surface area contributed by atoms with E-state index in [9.17, 15) is 24.9 Å². The lowest BCUT2D eigenvalue weighted by Crippen LogP contribution is -2.81. The van der Waals surface area contributed by atoms with Crippen LogP contribution in [0.2, 0.25) is 0 Å². The first-order valence-electron chi connectivity index (χ1n) is 15.8. The van der Waals surface area contributed by atoms with Gasteiger partial charge in [-0.05, 0) is 31.5 Å². The summed E-state index contributed by atoms with van der Waals surface area (Å²) in [7, 11) is 8.27. The van der Waals surface area contributed by atoms with E-state index in [1.807, 2.05) is 7.05 Å². The van der Waals surface area contributed by atoms with E-state index in [-0.39, 0.29) is 30.6 Å². The molecule has 5 saturated carbocycles. The Balaban J connectivity index is 1.52. The molecule has 6 fully saturated rings. The molecule has 15 unspecified atom stereocenters. The van der Waals surface area contributed by atoms with Gasteiger partial charge < -0.3 is 48.6 Å². The second-order valence-corrected chi connectivity index (χ2v) is 14.3. The highest BCUT2D eigenvalue weighted by Crippen LogP contribution is 2.80. The predicted octanol–water partition coefficient (Wildman–Crippen LogP) is 0.258. The normalized spacial score (nSPS) is 50.7. The number of hydrogen-bond acceptors (Lipinski definition) is 12. The van der Waals surface area contributed by atoms with Crippen molar-refractivity contribution in [3.63, 3.8) is 0 Å². The molecule has 12 heteroatoms. The number of piperidine rings is 1. The van der Waals surface area contributed by atoms with E-state index in [1.165, 1.54) is 14.0 Å². The average molecular weight is 632 g/mol. The van der Waals surface area contributed by atoms with Crippen LogP contribution in [0.15, 0.2) is 30.3 Å². The Hall–Kier alpha value is -2.16. The van der Waals surface area contributed by atoms with Crippen LogP contribution < -0.4 is 0 Å². The zero-order valence-electron chi connectivity index (χ0n) is 26.6. The number of likely N-dealkylation sites (tertiary alicyclic amines) is 1. The molecule has 7 bridgehead atoms. The van der Waals surface area contributed by atoms with Gasteiger partial charge in [-0.3, -0.25) is 4.79 Å². The van der Waals surface area contributed by atoms with Crippen molar-refractivity contribution in [3.05, 3.63) is 35.9 Å².